The molecule has 0 heterocycles. The quantitative estimate of drug-likeness (QED) is 0.573. The van der Waals surface area contributed by atoms with Crippen LogP contribution in [0.2, 0.25) is 5.02 Å². The van der Waals surface area contributed by atoms with E-state index in [9.17, 15) is 13.2 Å². The van der Waals surface area contributed by atoms with Crippen molar-refractivity contribution in [3.05, 3.63) is 17.2 Å². The largest absolute Gasteiger partial charge is 0.573 e. The third-order valence-electron chi connectivity index (χ3n) is 1.31. The van der Waals surface area contributed by atoms with Gasteiger partial charge in [-0.15, -0.1) is 13.2 Å². The molecule has 0 saturated heterocycles. The van der Waals surface area contributed by atoms with Crippen molar-refractivity contribution in [2.24, 2.45) is 0 Å². The van der Waals surface area contributed by atoms with Crippen LogP contribution >= 0.6 is 11.6 Å². The molecule has 1 aromatic rings. The van der Waals surface area contributed by atoms with Crippen molar-refractivity contribution in [2.45, 2.75) is 6.36 Å². The van der Waals surface area contributed by atoms with Gasteiger partial charge in [0.05, 0.1) is 10.7 Å². The van der Waals surface area contributed by atoms with E-state index in [0.29, 0.717) is 0 Å². The fourth-order valence-corrected chi connectivity index (χ4v) is 0.958. The highest BCUT2D eigenvalue weighted by Crippen LogP contribution is 2.36. The van der Waals surface area contributed by atoms with Crippen LogP contribution in [0.25, 0.3) is 0 Å². The lowest BCUT2D eigenvalue weighted by atomic mass is 10.3. The zero-order chi connectivity index (χ0) is 10.9. The molecule has 78 valence electrons. The van der Waals surface area contributed by atoms with Crippen LogP contribution < -0.4 is 10.5 Å². The summed E-state index contributed by atoms with van der Waals surface area (Å²) in [5.74, 6) is -1.04. The Kier molecular flexibility index (Phi) is 2.66. The lowest BCUT2D eigenvalue weighted by Gasteiger charge is -2.11. The maximum atomic E-state index is 11.8. The molecule has 0 amide bonds. The summed E-state index contributed by atoms with van der Waals surface area (Å²) in [4.78, 5) is 0. The van der Waals surface area contributed by atoms with E-state index in [1.165, 1.54) is 0 Å². The molecule has 1 rings (SSSR count). The molecule has 0 aliphatic rings. The molecule has 1 aromatic carbocycles. The fraction of sp³-hybridized carbons (Fsp3) is 0.143. The highest BCUT2D eigenvalue weighted by Gasteiger charge is 2.32. The van der Waals surface area contributed by atoms with Crippen molar-refractivity contribution in [1.29, 1.82) is 0 Å². The van der Waals surface area contributed by atoms with Gasteiger partial charge in [0.15, 0.2) is 0 Å². The standard InChI is InChI=1S/C7H5ClF3NO2/c8-3-1-5(13)4(12)2-6(3)14-7(9,10)11/h1-2,13H,12H2. The van der Waals surface area contributed by atoms with E-state index in [1.807, 2.05) is 0 Å². The molecule has 0 aliphatic heterocycles. The van der Waals surface area contributed by atoms with Crippen molar-refractivity contribution < 1.29 is 23.0 Å². The van der Waals surface area contributed by atoms with Gasteiger partial charge < -0.3 is 15.6 Å². The molecule has 0 bridgehead atoms. The summed E-state index contributed by atoms with van der Waals surface area (Å²) < 4.78 is 38.9. The molecule has 0 aliphatic carbocycles. The molecule has 14 heavy (non-hydrogen) atoms. The van der Waals surface area contributed by atoms with E-state index in [1.54, 1.807) is 0 Å². The van der Waals surface area contributed by atoms with Crippen molar-refractivity contribution >= 4 is 17.3 Å². The Hall–Kier alpha value is -1.30. The molecule has 0 atom stereocenters. The minimum absolute atomic E-state index is 0.242. The number of phenolic OH excluding ortho intramolecular Hbond substituents is 1. The number of anilines is 1. The third kappa shape index (κ3) is 2.59. The van der Waals surface area contributed by atoms with Gasteiger partial charge in [-0.05, 0) is 0 Å². The molecule has 0 radical (unpaired) electrons. The topological polar surface area (TPSA) is 55.5 Å². The molecule has 0 saturated carbocycles. The van der Waals surface area contributed by atoms with Gasteiger partial charge in [-0.25, -0.2) is 0 Å². The van der Waals surface area contributed by atoms with Crippen molar-refractivity contribution in [3.63, 3.8) is 0 Å². The SMILES string of the molecule is Nc1cc(OC(F)(F)F)c(Cl)cc1O. The van der Waals surface area contributed by atoms with E-state index in [-0.39, 0.29) is 10.7 Å². The molecular formula is C7H5ClF3NO2. The van der Waals surface area contributed by atoms with Crippen LogP contribution in [0, 0.1) is 0 Å². The summed E-state index contributed by atoms with van der Waals surface area (Å²) in [5, 5.41) is 8.61. The molecule has 0 unspecified atom stereocenters. The lowest BCUT2D eigenvalue weighted by molar-refractivity contribution is -0.274. The van der Waals surface area contributed by atoms with Crippen LogP contribution in [0.15, 0.2) is 12.1 Å². The maximum absolute atomic E-state index is 11.8. The van der Waals surface area contributed by atoms with Gasteiger partial charge in [0.2, 0.25) is 0 Å². The van der Waals surface area contributed by atoms with Crippen LogP contribution in [0.3, 0.4) is 0 Å². The van der Waals surface area contributed by atoms with Crippen LogP contribution in [-0.2, 0) is 0 Å². The molecule has 3 nitrogen and oxygen atoms in total. The maximum Gasteiger partial charge on any atom is 0.573 e. The van der Waals surface area contributed by atoms with Crippen molar-refractivity contribution in [2.75, 3.05) is 5.73 Å². The highest BCUT2D eigenvalue weighted by molar-refractivity contribution is 6.32. The molecule has 0 spiro atoms. The molecule has 0 aromatic heterocycles. The lowest BCUT2D eigenvalue weighted by Crippen LogP contribution is -2.17. The minimum atomic E-state index is -4.84. The normalized spacial score (nSPS) is 11.4. The second-order valence-electron chi connectivity index (χ2n) is 2.39. The Morgan fingerprint density at radius 3 is 2.43 bits per heavy atom. The van der Waals surface area contributed by atoms with E-state index in [2.05, 4.69) is 4.74 Å². The number of nitrogen functional groups attached to an aromatic ring is 1. The summed E-state index contributed by atoms with van der Waals surface area (Å²) in [6.07, 6.45) is -4.84. The van der Waals surface area contributed by atoms with Crippen LogP contribution in [0.5, 0.6) is 11.5 Å². The Labute approximate surface area is 81.8 Å². The number of hydrogen-bond donors (Lipinski definition) is 2. The van der Waals surface area contributed by atoms with Gasteiger partial charge >= 0.3 is 6.36 Å². The monoisotopic (exact) mass is 227 g/mol. The molecule has 7 heteroatoms. The van der Waals surface area contributed by atoms with Crippen molar-refractivity contribution in [3.8, 4) is 11.5 Å². The number of benzene rings is 1. The predicted octanol–water partition coefficient (Wildman–Crippen LogP) is 2.53. The number of halogens is 4. The van der Waals surface area contributed by atoms with Crippen LogP contribution in [0.4, 0.5) is 18.9 Å². The Morgan fingerprint density at radius 2 is 1.93 bits per heavy atom. The Balaban J connectivity index is 3.04. The van der Waals surface area contributed by atoms with Crippen molar-refractivity contribution in [1.82, 2.24) is 0 Å². The number of rotatable bonds is 1. The summed E-state index contributed by atoms with van der Waals surface area (Å²) in [6, 6.07) is 1.67. The number of phenols is 1. The summed E-state index contributed by atoms with van der Waals surface area (Å²) in [7, 11) is 0. The van der Waals surface area contributed by atoms with Gasteiger partial charge in [0.1, 0.15) is 11.5 Å². The smallest absolute Gasteiger partial charge is 0.506 e. The number of ether oxygens (including phenoxy) is 1. The van der Waals surface area contributed by atoms with E-state index >= 15 is 0 Å². The Bertz CT molecular complexity index is 354. The van der Waals surface area contributed by atoms with Crippen LogP contribution in [-0.4, -0.2) is 11.5 Å². The molecule has 3 N–H and O–H groups in total. The fourth-order valence-electron chi connectivity index (χ4n) is 0.762. The molecular weight excluding hydrogens is 223 g/mol. The van der Waals surface area contributed by atoms with E-state index in [0.717, 1.165) is 12.1 Å². The summed E-state index contributed by atoms with van der Waals surface area (Å²) in [5.41, 5.74) is 4.91. The van der Waals surface area contributed by atoms with E-state index in [4.69, 9.17) is 22.4 Å². The second-order valence-corrected chi connectivity index (χ2v) is 2.80. The predicted molar refractivity (Wildman–Crippen MR) is 44.2 cm³/mol. The van der Waals surface area contributed by atoms with Gasteiger partial charge in [-0.1, -0.05) is 11.6 Å². The number of hydrogen-bond acceptors (Lipinski definition) is 3. The first-order valence-corrected chi connectivity index (χ1v) is 3.71. The average molecular weight is 228 g/mol. The van der Waals surface area contributed by atoms with Crippen LogP contribution in [0.1, 0.15) is 0 Å². The molecule has 0 fully saturated rings. The minimum Gasteiger partial charge on any atom is -0.506 e. The van der Waals surface area contributed by atoms with E-state index < -0.39 is 17.9 Å². The highest BCUT2D eigenvalue weighted by atomic mass is 35.5. The first-order chi connectivity index (χ1) is 6.29. The first-order valence-electron chi connectivity index (χ1n) is 3.33. The summed E-state index contributed by atoms with van der Waals surface area (Å²) >= 11 is 5.37. The zero-order valence-electron chi connectivity index (χ0n) is 6.60. The van der Waals surface area contributed by atoms with Gasteiger partial charge in [-0.3, -0.25) is 0 Å². The number of aromatic hydroxyl groups is 1. The second kappa shape index (κ2) is 3.45. The number of alkyl halides is 3. The Morgan fingerprint density at radius 1 is 1.36 bits per heavy atom. The zero-order valence-corrected chi connectivity index (χ0v) is 7.36. The average Bonchev–Trinajstić information content (AvgIpc) is 1.97. The van der Waals surface area contributed by atoms with Gasteiger partial charge in [0.25, 0.3) is 0 Å². The van der Waals surface area contributed by atoms with Gasteiger partial charge in [-0.2, -0.15) is 0 Å². The van der Waals surface area contributed by atoms with Gasteiger partial charge in [0, 0.05) is 12.1 Å². The first kappa shape index (κ1) is 10.8. The summed E-state index contributed by atoms with van der Waals surface area (Å²) in [6.45, 7) is 0. The third-order valence-corrected chi connectivity index (χ3v) is 1.60. The number of nitrogens with two attached hydrogens (primary N) is 1.